The summed E-state index contributed by atoms with van der Waals surface area (Å²) in [6.07, 6.45) is 2.28. The van der Waals surface area contributed by atoms with Gasteiger partial charge in [0.25, 0.3) is 0 Å². The van der Waals surface area contributed by atoms with Gasteiger partial charge in [0.2, 0.25) is 0 Å². The first-order valence-electron chi connectivity index (χ1n) is 7.15. The molecule has 112 valence electrons. The van der Waals surface area contributed by atoms with Crippen molar-refractivity contribution in [2.24, 2.45) is 0 Å². The minimum Gasteiger partial charge on any atom is -0.497 e. The predicted molar refractivity (Wildman–Crippen MR) is 82.1 cm³/mol. The van der Waals surface area contributed by atoms with Crippen molar-refractivity contribution in [2.75, 3.05) is 13.7 Å². The topological polar surface area (TPSA) is 34.2 Å². The van der Waals surface area contributed by atoms with Crippen molar-refractivity contribution < 1.29 is 9.13 Å². The number of hydrogen-bond acceptors (Lipinski definition) is 3. The van der Waals surface area contributed by atoms with Gasteiger partial charge in [0.1, 0.15) is 11.6 Å². The van der Waals surface area contributed by atoms with Gasteiger partial charge in [-0.05, 0) is 55.3 Å². The molecule has 21 heavy (non-hydrogen) atoms. The van der Waals surface area contributed by atoms with Crippen molar-refractivity contribution in [1.82, 2.24) is 10.3 Å². The van der Waals surface area contributed by atoms with Gasteiger partial charge in [-0.2, -0.15) is 0 Å². The Labute approximate surface area is 125 Å². The number of nitrogens with zero attached hydrogens (tertiary/aromatic N) is 1. The first-order valence-corrected chi connectivity index (χ1v) is 7.15. The second kappa shape index (κ2) is 7.18. The van der Waals surface area contributed by atoms with Crippen LogP contribution in [0.15, 0.2) is 36.5 Å². The van der Waals surface area contributed by atoms with Crippen molar-refractivity contribution in [1.29, 1.82) is 0 Å². The van der Waals surface area contributed by atoms with Gasteiger partial charge in [-0.15, -0.1) is 0 Å². The van der Waals surface area contributed by atoms with Crippen LogP contribution in [-0.2, 0) is 0 Å². The number of halogens is 1. The highest BCUT2D eigenvalue weighted by atomic mass is 19.1. The molecule has 1 heterocycles. The van der Waals surface area contributed by atoms with E-state index in [4.69, 9.17) is 4.74 Å². The van der Waals surface area contributed by atoms with Crippen molar-refractivity contribution in [3.05, 3.63) is 59.2 Å². The number of pyridine rings is 1. The molecule has 0 fully saturated rings. The molecule has 0 bridgehead atoms. The zero-order valence-corrected chi connectivity index (χ0v) is 12.7. The summed E-state index contributed by atoms with van der Waals surface area (Å²) in [6, 6.07) is 9.10. The Bertz CT molecular complexity index is 584. The quantitative estimate of drug-likeness (QED) is 0.881. The van der Waals surface area contributed by atoms with Crippen LogP contribution in [0.25, 0.3) is 0 Å². The van der Waals surface area contributed by atoms with E-state index in [1.807, 2.05) is 25.1 Å². The van der Waals surface area contributed by atoms with Crippen LogP contribution in [-0.4, -0.2) is 18.6 Å². The Kier molecular flexibility index (Phi) is 5.28. The van der Waals surface area contributed by atoms with Crippen molar-refractivity contribution >= 4 is 0 Å². The molecule has 1 aromatic carbocycles. The van der Waals surface area contributed by atoms with E-state index in [1.54, 1.807) is 13.2 Å². The third-order valence-corrected chi connectivity index (χ3v) is 3.43. The average Bonchev–Trinajstić information content (AvgIpc) is 2.50. The van der Waals surface area contributed by atoms with Crippen LogP contribution >= 0.6 is 0 Å². The molecule has 0 aliphatic carbocycles. The Morgan fingerprint density at radius 2 is 2.10 bits per heavy atom. The molecular formula is C17H21FN2O. The number of nitrogens with one attached hydrogen (secondary N) is 1. The summed E-state index contributed by atoms with van der Waals surface area (Å²) in [4.78, 5) is 4.22. The predicted octanol–water partition coefficient (Wildman–Crippen LogP) is 3.63. The molecule has 1 atom stereocenters. The zero-order chi connectivity index (χ0) is 15.2. The van der Waals surface area contributed by atoms with Gasteiger partial charge < -0.3 is 10.1 Å². The lowest BCUT2D eigenvalue weighted by Gasteiger charge is -2.21. The van der Waals surface area contributed by atoms with Crippen LogP contribution in [0.3, 0.4) is 0 Å². The van der Waals surface area contributed by atoms with E-state index >= 15 is 0 Å². The number of hydrogen-bond donors (Lipinski definition) is 1. The first kappa shape index (κ1) is 15.4. The SMILES string of the molecule is CCCNC(c1ccc(F)cn1)c1ccc(OC)cc1C. The maximum atomic E-state index is 13.1. The molecule has 0 radical (unpaired) electrons. The van der Waals surface area contributed by atoms with Gasteiger partial charge in [0.05, 0.1) is 25.0 Å². The van der Waals surface area contributed by atoms with Gasteiger partial charge >= 0.3 is 0 Å². The summed E-state index contributed by atoms with van der Waals surface area (Å²) < 4.78 is 18.3. The highest BCUT2D eigenvalue weighted by Gasteiger charge is 2.17. The third-order valence-electron chi connectivity index (χ3n) is 3.43. The van der Waals surface area contributed by atoms with E-state index in [-0.39, 0.29) is 11.9 Å². The Morgan fingerprint density at radius 1 is 1.29 bits per heavy atom. The fraction of sp³-hybridized carbons (Fsp3) is 0.353. The molecule has 0 amide bonds. The summed E-state index contributed by atoms with van der Waals surface area (Å²) in [6.45, 7) is 5.03. The molecular weight excluding hydrogens is 267 g/mol. The van der Waals surface area contributed by atoms with Crippen molar-refractivity contribution in [3.63, 3.8) is 0 Å². The van der Waals surface area contributed by atoms with E-state index in [0.717, 1.165) is 35.5 Å². The fourth-order valence-corrected chi connectivity index (χ4v) is 2.32. The van der Waals surface area contributed by atoms with E-state index in [9.17, 15) is 4.39 Å². The lowest BCUT2D eigenvalue weighted by atomic mass is 9.97. The number of rotatable bonds is 6. The zero-order valence-electron chi connectivity index (χ0n) is 12.7. The van der Waals surface area contributed by atoms with Gasteiger partial charge in [-0.1, -0.05) is 13.0 Å². The summed E-state index contributed by atoms with van der Waals surface area (Å²) in [5.74, 6) is 0.511. The second-order valence-corrected chi connectivity index (χ2v) is 5.01. The molecule has 3 nitrogen and oxygen atoms in total. The van der Waals surface area contributed by atoms with Gasteiger partial charge in [-0.3, -0.25) is 4.98 Å². The monoisotopic (exact) mass is 288 g/mol. The summed E-state index contributed by atoms with van der Waals surface area (Å²) in [7, 11) is 1.66. The molecule has 1 N–H and O–H groups in total. The highest BCUT2D eigenvalue weighted by Crippen LogP contribution is 2.26. The summed E-state index contributed by atoms with van der Waals surface area (Å²) >= 11 is 0. The molecule has 1 unspecified atom stereocenters. The van der Waals surface area contributed by atoms with E-state index < -0.39 is 0 Å². The minimum absolute atomic E-state index is 0.0449. The lowest BCUT2D eigenvalue weighted by Crippen LogP contribution is -2.24. The van der Waals surface area contributed by atoms with Crippen molar-refractivity contribution in [2.45, 2.75) is 26.3 Å². The maximum absolute atomic E-state index is 13.1. The summed E-state index contributed by atoms with van der Waals surface area (Å²) in [5.41, 5.74) is 3.07. The molecule has 1 aromatic heterocycles. The Balaban J connectivity index is 2.37. The Hall–Kier alpha value is -1.94. The van der Waals surface area contributed by atoms with Crippen LogP contribution in [0.2, 0.25) is 0 Å². The number of aromatic nitrogens is 1. The van der Waals surface area contributed by atoms with Gasteiger partial charge in [-0.25, -0.2) is 4.39 Å². The van der Waals surface area contributed by atoms with Crippen molar-refractivity contribution in [3.8, 4) is 5.75 Å². The Morgan fingerprint density at radius 3 is 2.67 bits per heavy atom. The molecule has 0 aliphatic heterocycles. The van der Waals surface area contributed by atoms with Crippen LogP contribution in [0, 0.1) is 12.7 Å². The molecule has 2 rings (SSSR count). The van der Waals surface area contributed by atoms with Crippen LogP contribution in [0.1, 0.15) is 36.2 Å². The standard InChI is InChI=1S/C17H21FN2O/c1-4-9-19-17(16-8-5-13(18)11-20-16)15-7-6-14(21-3)10-12(15)2/h5-8,10-11,17,19H,4,9H2,1-3H3. The fourth-order valence-electron chi connectivity index (χ4n) is 2.32. The minimum atomic E-state index is -0.320. The first-order chi connectivity index (χ1) is 10.2. The molecule has 4 heteroatoms. The number of methoxy groups -OCH3 is 1. The maximum Gasteiger partial charge on any atom is 0.141 e. The average molecular weight is 288 g/mol. The molecule has 2 aromatic rings. The third kappa shape index (κ3) is 3.79. The van der Waals surface area contributed by atoms with E-state index in [2.05, 4.69) is 17.2 Å². The molecule has 0 spiro atoms. The van der Waals surface area contributed by atoms with E-state index in [1.165, 1.54) is 12.3 Å². The lowest BCUT2D eigenvalue weighted by molar-refractivity contribution is 0.414. The highest BCUT2D eigenvalue weighted by molar-refractivity contribution is 5.39. The smallest absolute Gasteiger partial charge is 0.141 e. The normalized spacial score (nSPS) is 12.2. The van der Waals surface area contributed by atoms with Gasteiger partial charge in [0, 0.05) is 0 Å². The molecule has 0 aliphatic rings. The largest absolute Gasteiger partial charge is 0.497 e. The van der Waals surface area contributed by atoms with Crippen LogP contribution in [0.5, 0.6) is 5.75 Å². The van der Waals surface area contributed by atoms with Gasteiger partial charge in [0.15, 0.2) is 0 Å². The molecule has 0 saturated heterocycles. The summed E-state index contributed by atoms with van der Waals surface area (Å²) in [5, 5.41) is 3.47. The second-order valence-electron chi connectivity index (χ2n) is 5.01. The number of ether oxygens (including phenoxy) is 1. The number of aryl methyl sites for hydroxylation is 1. The van der Waals surface area contributed by atoms with Crippen LogP contribution < -0.4 is 10.1 Å². The number of benzene rings is 1. The molecule has 0 saturated carbocycles. The van der Waals surface area contributed by atoms with Crippen LogP contribution in [0.4, 0.5) is 4.39 Å². The van der Waals surface area contributed by atoms with E-state index in [0.29, 0.717) is 0 Å².